The molecule has 1 aliphatic heterocycles. The molecule has 1 aromatic rings. The van der Waals surface area contributed by atoms with Gasteiger partial charge in [0.2, 0.25) is 10.0 Å². The lowest BCUT2D eigenvalue weighted by atomic mass is 10.1. The highest BCUT2D eigenvalue weighted by Gasteiger charge is 2.33. The lowest BCUT2D eigenvalue weighted by Crippen LogP contribution is -2.30. The molecule has 1 atom stereocenters. The van der Waals surface area contributed by atoms with Crippen LogP contribution in [0.5, 0.6) is 11.5 Å². The third kappa shape index (κ3) is 3.18. The molecule has 118 valence electrons. The third-order valence-electron chi connectivity index (χ3n) is 3.64. The summed E-state index contributed by atoms with van der Waals surface area (Å²) in [4.78, 5) is 0.179. The van der Waals surface area contributed by atoms with E-state index in [4.69, 9.17) is 15.2 Å². The Bertz CT molecular complexity index is 621. The Morgan fingerprint density at radius 1 is 1.33 bits per heavy atom. The van der Waals surface area contributed by atoms with Crippen LogP contribution in [0.2, 0.25) is 0 Å². The molecule has 0 bridgehead atoms. The summed E-state index contributed by atoms with van der Waals surface area (Å²) in [6.45, 7) is 1.45. The van der Waals surface area contributed by atoms with Crippen molar-refractivity contribution in [2.24, 2.45) is 11.7 Å². The molecule has 2 rings (SSSR count). The van der Waals surface area contributed by atoms with Crippen molar-refractivity contribution in [1.82, 2.24) is 4.31 Å². The van der Waals surface area contributed by atoms with Crippen LogP contribution < -0.4 is 15.2 Å². The van der Waals surface area contributed by atoms with Crippen LogP contribution in [0.15, 0.2) is 21.5 Å². The maximum absolute atomic E-state index is 12.7. The Morgan fingerprint density at radius 3 is 2.48 bits per heavy atom. The molecule has 0 aliphatic carbocycles. The fraction of sp³-hybridized carbons (Fsp3) is 0.538. The van der Waals surface area contributed by atoms with Gasteiger partial charge in [-0.15, -0.1) is 0 Å². The topological polar surface area (TPSA) is 81.9 Å². The summed E-state index contributed by atoms with van der Waals surface area (Å²) in [5.41, 5.74) is 5.62. The summed E-state index contributed by atoms with van der Waals surface area (Å²) in [6, 6.07) is 3.08. The Balaban J connectivity index is 2.41. The lowest BCUT2D eigenvalue weighted by Gasteiger charge is -2.19. The Hall–Kier alpha value is -0.830. The minimum atomic E-state index is -3.57. The van der Waals surface area contributed by atoms with Gasteiger partial charge in [-0.2, -0.15) is 4.31 Å². The Morgan fingerprint density at radius 2 is 1.95 bits per heavy atom. The van der Waals surface area contributed by atoms with Gasteiger partial charge in [0.15, 0.2) is 11.5 Å². The normalized spacial score (nSPS) is 19.7. The van der Waals surface area contributed by atoms with Crippen LogP contribution in [0.25, 0.3) is 0 Å². The van der Waals surface area contributed by atoms with Gasteiger partial charge < -0.3 is 15.2 Å². The third-order valence-corrected chi connectivity index (χ3v) is 6.46. The molecule has 0 amide bonds. The molecule has 1 unspecified atom stereocenters. The average molecular weight is 379 g/mol. The molecule has 8 heteroatoms. The zero-order valence-electron chi connectivity index (χ0n) is 12.0. The summed E-state index contributed by atoms with van der Waals surface area (Å²) in [6.07, 6.45) is 0.792. The monoisotopic (exact) mass is 378 g/mol. The number of benzene rings is 1. The first kappa shape index (κ1) is 16.5. The average Bonchev–Trinajstić information content (AvgIpc) is 2.96. The van der Waals surface area contributed by atoms with Gasteiger partial charge in [0.05, 0.1) is 14.2 Å². The number of methoxy groups -OCH3 is 2. The molecule has 0 spiro atoms. The largest absolute Gasteiger partial charge is 0.493 e. The Labute approximate surface area is 133 Å². The summed E-state index contributed by atoms with van der Waals surface area (Å²) in [5, 5.41) is 0. The maximum atomic E-state index is 12.7. The highest BCUT2D eigenvalue weighted by atomic mass is 79.9. The van der Waals surface area contributed by atoms with E-state index in [0.717, 1.165) is 6.42 Å². The Kier molecular flexibility index (Phi) is 5.13. The van der Waals surface area contributed by atoms with E-state index in [1.165, 1.54) is 24.6 Å². The quantitative estimate of drug-likeness (QED) is 0.837. The van der Waals surface area contributed by atoms with Crippen molar-refractivity contribution in [1.29, 1.82) is 0 Å². The van der Waals surface area contributed by atoms with E-state index in [2.05, 4.69) is 15.9 Å². The second-order valence-corrected chi connectivity index (χ2v) is 7.65. The molecule has 0 radical (unpaired) electrons. The first-order valence-corrected chi connectivity index (χ1v) is 8.79. The second kappa shape index (κ2) is 6.51. The van der Waals surface area contributed by atoms with Gasteiger partial charge in [0.1, 0.15) is 4.90 Å². The first-order valence-electron chi connectivity index (χ1n) is 6.55. The maximum Gasteiger partial charge on any atom is 0.244 e. The van der Waals surface area contributed by atoms with Crippen molar-refractivity contribution in [2.75, 3.05) is 33.9 Å². The van der Waals surface area contributed by atoms with Crippen molar-refractivity contribution in [2.45, 2.75) is 11.3 Å². The predicted octanol–water partition coefficient (Wildman–Crippen LogP) is 1.44. The van der Waals surface area contributed by atoms with Gasteiger partial charge in [-0.05, 0) is 40.9 Å². The van der Waals surface area contributed by atoms with Crippen molar-refractivity contribution in [3.05, 3.63) is 16.6 Å². The summed E-state index contributed by atoms with van der Waals surface area (Å²) >= 11 is 3.30. The van der Waals surface area contributed by atoms with Crippen LogP contribution in [0, 0.1) is 5.92 Å². The number of hydrogen-bond donors (Lipinski definition) is 1. The summed E-state index contributed by atoms with van der Waals surface area (Å²) < 4.78 is 37.8. The first-order chi connectivity index (χ1) is 9.93. The lowest BCUT2D eigenvalue weighted by molar-refractivity contribution is 0.353. The number of ether oxygens (including phenoxy) is 2. The molecule has 1 fully saturated rings. The van der Waals surface area contributed by atoms with E-state index in [1.807, 2.05) is 0 Å². The van der Waals surface area contributed by atoms with E-state index in [9.17, 15) is 8.42 Å². The highest BCUT2D eigenvalue weighted by molar-refractivity contribution is 9.10. The highest BCUT2D eigenvalue weighted by Crippen LogP contribution is 2.37. The zero-order valence-corrected chi connectivity index (χ0v) is 14.4. The molecule has 0 aromatic heterocycles. The fourth-order valence-electron chi connectivity index (χ4n) is 2.38. The molecule has 6 nitrogen and oxygen atoms in total. The van der Waals surface area contributed by atoms with Crippen LogP contribution >= 0.6 is 15.9 Å². The van der Waals surface area contributed by atoms with E-state index in [1.54, 1.807) is 6.07 Å². The second-order valence-electron chi connectivity index (χ2n) is 4.89. The van der Waals surface area contributed by atoms with Crippen molar-refractivity contribution >= 4 is 26.0 Å². The number of rotatable bonds is 5. The molecule has 1 aliphatic rings. The fourth-order valence-corrected chi connectivity index (χ4v) is 4.91. The van der Waals surface area contributed by atoms with Crippen molar-refractivity contribution in [3.63, 3.8) is 0 Å². The molecule has 1 saturated heterocycles. The molecule has 1 aromatic carbocycles. The smallest absolute Gasteiger partial charge is 0.244 e. The van der Waals surface area contributed by atoms with Crippen LogP contribution in [-0.4, -0.2) is 46.6 Å². The van der Waals surface area contributed by atoms with Gasteiger partial charge >= 0.3 is 0 Å². The van der Waals surface area contributed by atoms with E-state index in [0.29, 0.717) is 35.6 Å². The minimum Gasteiger partial charge on any atom is -0.493 e. The van der Waals surface area contributed by atoms with E-state index in [-0.39, 0.29) is 10.8 Å². The van der Waals surface area contributed by atoms with Crippen molar-refractivity contribution in [3.8, 4) is 11.5 Å². The number of halogens is 1. The standard InChI is InChI=1S/C13H19BrN2O4S/c1-19-11-5-10(14)13(6-12(11)20-2)21(17,18)16-4-3-9(7-15)8-16/h5-6,9H,3-4,7-8,15H2,1-2H3. The summed E-state index contributed by atoms with van der Waals surface area (Å²) in [7, 11) is -0.595. The minimum absolute atomic E-state index is 0.179. The van der Waals surface area contributed by atoms with Crippen LogP contribution in [0.3, 0.4) is 0 Å². The number of nitrogens with zero attached hydrogens (tertiary/aromatic N) is 1. The van der Waals surface area contributed by atoms with E-state index >= 15 is 0 Å². The van der Waals surface area contributed by atoms with E-state index < -0.39 is 10.0 Å². The zero-order chi connectivity index (χ0) is 15.6. The van der Waals surface area contributed by atoms with Gasteiger partial charge in [-0.3, -0.25) is 0 Å². The van der Waals surface area contributed by atoms with Crippen LogP contribution in [-0.2, 0) is 10.0 Å². The van der Waals surface area contributed by atoms with Crippen molar-refractivity contribution < 1.29 is 17.9 Å². The van der Waals surface area contributed by atoms with Crippen LogP contribution in [0.4, 0.5) is 0 Å². The molecule has 1 heterocycles. The molecule has 0 saturated carbocycles. The van der Waals surface area contributed by atoms with Gasteiger partial charge in [-0.1, -0.05) is 0 Å². The molecule has 2 N–H and O–H groups in total. The number of hydrogen-bond acceptors (Lipinski definition) is 5. The summed E-state index contributed by atoms with van der Waals surface area (Å²) in [5.74, 6) is 1.08. The van der Waals surface area contributed by atoms with Gasteiger partial charge in [-0.25, -0.2) is 8.42 Å². The van der Waals surface area contributed by atoms with Crippen LogP contribution in [0.1, 0.15) is 6.42 Å². The number of nitrogens with two attached hydrogens (primary N) is 1. The molecular formula is C13H19BrN2O4S. The SMILES string of the molecule is COc1cc(Br)c(S(=O)(=O)N2CCC(CN)C2)cc1OC. The van der Waals surface area contributed by atoms with Gasteiger partial charge in [0.25, 0.3) is 0 Å². The predicted molar refractivity (Wildman–Crippen MR) is 83.2 cm³/mol. The molecular weight excluding hydrogens is 360 g/mol. The van der Waals surface area contributed by atoms with Gasteiger partial charge in [0, 0.05) is 23.6 Å². The number of sulfonamides is 1. The molecule has 21 heavy (non-hydrogen) atoms.